The molecule has 27 heavy (non-hydrogen) atoms. The molecule has 8 heteroatoms. The van der Waals surface area contributed by atoms with E-state index in [1.807, 2.05) is 0 Å². The molecule has 0 spiro atoms. The number of urea groups is 1. The molecule has 5 nitrogen and oxygen atoms in total. The van der Waals surface area contributed by atoms with Gasteiger partial charge in [0, 0.05) is 47.5 Å². The summed E-state index contributed by atoms with van der Waals surface area (Å²) in [5.74, 6) is -0.551. The van der Waals surface area contributed by atoms with Crippen molar-refractivity contribution in [3.8, 4) is 0 Å². The van der Waals surface area contributed by atoms with Crippen LogP contribution in [0.4, 0.5) is 14.9 Å². The molecule has 1 aliphatic rings. The fourth-order valence-electron chi connectivity index (χ4n) is 2.93. The van der Waals surface area contributed by atoms with Crippen molar-refractivity contribution in [2.24, 2.45) is 0 Å². The highest BCUT2D eigenvalue weighted by Gasteiger charge is 2.23. The Hall–Kier alpha value is -2.31. The van der Waals surface area contributed by atoms with Crippen molar-refractivity contribution in [3.05, 3.63) is 63.9 Å². The van der Waals surface area contributed by atoms with E-state index in [-0.39, 0.29) is 17.8 Å². The molecule has 2 aromatic rings. The van der Waals surface area contributed by atoms with Gasteiger partial charge >= 0.3 is 6.03 Å². The summed E-state index contributed by atoms with van der Waals surface area (Å²) in [5.41, 5.74) is 0.948. The summed E-state index contributed by atoms with van der Waals surface area (Å²) in [7, 11) is 0. The van der Waals surface area contributed by atoms with Crippen molar-refractivity contribution >= 4 is 40.8 Å². The maximum atomic E-state index is 13.0. The van der Waals surface area contributed by atoms with E-state index in [1.165, 1.54) is 24.3 Å². The average Bonchev–Trinajstić information content (AvgIpc) is 2.87. The van der Waals surface area contributed by atoms with Gasteiger partial charge in [-0.2, -0.15) is 0 Å². The number of nitrogens with zero attached hydrogens (tertiary/aromatic N) is 2. The molecule has 0 aliphatic carbocycles. The SMILES string of the molecule is O=C(Nc1cc(Cl)cc(Cl)c1)N1CCCN(C(=O)c2ccc(F)cc2)CC1. The molecule has 0 atom stereocenters. The third-order valence-electron chi connectivity index (χ3n) is 4.28. The number of rotatable bonds is 2. The van der Waals surface area contributed by atoms with Crippen molar-refractivity contribution in [1.29, 1.82) is 0 Å². The molecule has 1 heterocycles. The quantitative estimate of drug-likeness (QED) is 0.792. The Labute approximate surface area is 166 Å². The zero-order valence-electron chi connectivity index (χ0n) is 14.4. The number of carbonyl (C=O) groups is 2. The lowest BCUT2D eigenvalue weighted by Gasteiger charge is -2.22. The maximum absolute atomic E-state index is 13.0. The van der Waals surface area contributed by atoms with Crippen LogP contribution in [0.15, 0.2) is 42.5 Å². The van der Waals surface area contributed by atoms with Crippen LogP contribution in [0.5, 0.6) is 0 Å². The second-order valence-corrected chi connectivity index (χ2v) is 7.10. The molecule has 2 aromatic carbocycles. The number of anilines is 1. The second-order valence-electron chi connectivity index (χ2n) is 6.23. The molecule has 1 fully saturated rings. The molecule has 1 N–H and O–H groups in total. The van der Waals surface area contributed by atoms with Gasteiger partial charge in [-0.1, -0.05) is 23.2 Å². The Morgan fingerprint density at radius 2 is 1.48 bits per heavy atom. The Morgan fingerprint density at radius 3 is 2.15 bits per heavy atom. The fourth-order valence-corrected chi connectivity index (χ4v) is 3.45. The Balaban J connectivity index is 1.61. The number of hydrogen-bond acceptors (Lipinski definition) is 2. The van der Waals surface area contributed by atoms with Gasteiger partial charge in [0.15, 0.2) is 0 Å². The lowest BCUT2D eigenvalue weighted by atomic mass is 10.2. The van der Waals surface area contributed by atoms with E-state index in [4.69, 9.17) is 23.2 Å². The van der Waals surface area contributed by atoms with Crippen LogP contribution >= 0.6 is 23.2 Å². The first-order chi connectivity index (χ1) is 12.9. The lowest BCUT2D eigenvalue weighted by molar-refractivity contribution is 0.0762. The molecule has 3 rings (SSSR count). The smallest absolute Gasteiger partial charge is 0.321 e. The van der Waals surface area contributed by atoms with Crippen molar-refractivity contribution in [2.75, 3.05) is 31.5 Å². The molecule has 0 unspecified atom stereocenters. The van der Waals surface area contributed by atoms with Gasteiger partial charge in [-0.05, 0) is 48.9 Å². The largest absolute Gasteiger partial charge is 0.337 e. The summed E-state index contributed by atoms with van der Waals surface area (Å²) in [4.78, 5) is 28.4. The minimum Gasteiger partial charge on any atom is -0.337 e. The molecule has 1 saturated heterocycles. The number of hydrogen-bond donors (Lipinski definition) is 1. The maximum Gasteiger partial charge on any atom is 0.321 e. The number of halogens is 3. The molecule has 1 aliphatic heterocycles. The summed E-state index contributed by atoms with van der Waals surface area (Å²) < 4.78 is 13.0. The van der Waals surface area contributed by atoms with Crippen LogP contribution in [-0.4, -0.2) is 47.9 Å². The first-order valence-electron chi connectivity index (χ1n) is 8.49. The number of amides is 3. The molecule has 3 amide bonds. The summed E-state index contributed by atoms with van der Waals surface area (Å²) in [5, 5.41) is 3.65. The van der Waals surface area contributed by atoms with Crippen LogP contribution < -0.4 is 5.32 Å². The van der Waals surface area contributed by atoms with Gasteiger partial charge < -0.3 is 15.1 Å². The highest BCUT2D eigenvalue weighted by atomic mass is 35.5. The van der Waals surface area contributed by atoms with Crippen LogP contribution in [0.3, 0.4) is 0 Å². The van der Waals surface area contributed by atoms with Gasteiger partial charge in [0.05, 0.1) is 0 Å². The van der Waals surface area contributed by atoms with Gasteiger partial charge in [0.1, 0.15) is 5.82 Å². The van der Waals surface area contributed by atoms with Gasteiger partial charge in [0.25, 0.3) is 5.91 Å². The first-order valence-corrected chi connectivity index (χ1v) is 9.25. The van der Waals surface area contributed by atoms with E-state index in [1.54, 1.807) is 28.0 Å². The Bertz CT molecular complexity index is 825. The minimum atomic E-state index is -0.383. The van der Waals surface area contributed by atoms with Crippen molar-refractivity contribution in [1.82, 2.24) is 9.80 Å². The summed E-state index contributed by atoms with van der Waals surface area (Å²) >= 11 is 11.9. The van der Waals surface area contributed by atoms with E-state index in [2.05, 4.69) is 5.32 Å². The summed E-state index contributed by atoms with van der Waals surface area (Å²) in [6.07, 6.45) is 0.649. The third-order valence-corrected chi connectivity index (χ3v) is 4.71. The fraction of sp³-hybridized carbons (Fsp3) is 0.263. The van der Waals surface area contributed by atoms with E-state index < -0.39 is 0 Å². The van der Waals surface area contributed by atoms with E-state index in [9.17, 15) is 14.0 Å². The predicted molar refractivity (Wildman–Crippen MR) is 104 cm³/mol. The van der Waals surface area contributed by atoms with Crippen LogP contribution in [-0.2, 0) is 0 Å². The van der Waals surface area contributed by atoms with Crippen molar-refractivity contribution in [2.45, 2.75) is 6.42 Å². The standard InChI is InChI=1S/C19H18Cl2FN3O2/c20-14-10-15(21)12-17(11-14)23-19(27)25-7-1-6-24(8-9-25)18(26)13-2-4-16(22)5-3-13/h2-5,10-12H,1,6-9H2,(H,23,27). The van der Waals surface area contributed by atoms with Gasteiger partial charge in [-0.15, -0.1) is 0 Å². The molecular formula is C19H18Cl2FN3O2. The van der Waals surface area contributed by atoms with Crippen LogP contribution in [0.1, 0.15) is 16.8 Å². The minimum absolute atomic E-state index is 0.168. The molecular weight excluding hydrogens is 392 g/mol. The normalized spacial score (nSPS) is 14.6. The molecule has 0 radical (unpaired) electrons. The highest BCUT2D eigenvalue weighted by Crippen LogP contribution is 2.23. The molecule has 0 bridgehead atoms. The highest BCUT2D eigenvalue weighted by molar-refractivity contribution is 6.35. The van der Waals surface area contributed by atoms with Crippen LogP contribution in [0.25, 0.3) is 0 Å². The van der Waals surface area contributed by atoms with E-state index >= 15 is 0 Å². The Kier molecular flexibility index (Phi) is 6.19. The number of nitrogens with one attached hydrogen (secondary N) is 1. The Morgan fingerprint density at radius 1 is 0.889 bits per heavy atom. The van der Waals surface area contributed by atoms with Crippen molar-refractivity contribution < 1.29 is 14.0 Å². The van der Waals surface area contributed by atoms with Crippen LogP contribution in [0, 0.1) is 5.82 Å². The van der Waals surface area contributed by atoms with Crippen LogP contribution in [0.2, 0.25) is 10.0 Å². The third kappa shape index (κ3) is 5.11. The number of benzene rings is 2. The van der Waals surface area contributed by atoms with Gasteiger partial charge in [0.2, 0.25) is 0 Å². The van der Waals surface area contributed by atoms with Crippen molar-refractivity contribution in [3.63, 3.8) is 0 Å². The monoisotopic (exact) mass is 409 g/mol. The molecule has 0 aromatic heterocycles. The van der Waals surface area contributed by atoms with Gasteiger partial charge in [-0.25, -0.2) is 9.18 Å². The van der Waals surface area contributed by atoms with E-state index in [0.717, 1.165) is 0 Å². The molecule has 142 valence electrons. The number of carbonyl (C=O) groups excluding carboxylic acids is 2. The zero-order valence-corrected chi connectivity index (χ0v) is 15.9. The lowest BCUT2D eigenvalue weighted by Crippen LogP contribution is -2.39. The molecule has 0 saturated carbocycles. The summed E-state index contributed by atoms with van der Waals surface area (Å²) in [6.45, 7) is 1.85. The van der Waals surface area contributed by atoms with E-state index in [0.29, 0.717) is 53.9 Å². The first kappa shape index (κ1) is 19.5. The average molecular weight is 410 g/mol. The zero-order chi connectivity index (χ0) is 19.4. The summed E-state index contributed by atoms with van der Waals surface area (Å²) in [6, 6.07) is 10.0. The topological polar surface area (TPSA) is 52.7 Å². The predicted octanol–water partition coefficient (Wildman–Crippen LogP) is 4.51. The van der Waals surface area contributed by atoms with Gasteiger partial charge in [-0.3, -0.25) is 4.79 Å². The second kappa shape index (κ2) is 8.59.